The minimum Gasteiger partial charge on any atom is -0.446 e. The lowest BCUT2D eigenvalue weighted by molar-refractivity contribution is 0.602. The number of fused-ring (bicyclic) bond motifs is 1. The van der Waals surface area contributed by atoms with Crippen LogP contribution in [-0.2, 0) is 0 Å². The van der Waals surface area contributed by atoms with Crippen LogP contribution in [0.1, 0.15) is 0 Å². The van der Waals surface area contributed by atoms with Gasteiger partial charge in [0.2, 0.25) is 11.0 Å². The Kier molecular flexibility index (Phi) is 3.13. The molecule has 0 fully saturated rings. The summed E-state index contributed by atoms with van der Waals surface area (Å²) in [4.78, 5) is 8.42. The molecular weight excluding hydrogens is 296 g/mol. The highest BCUT2D eigenvalue weighted by Gasteiger charge is 2.11. The molecule has 0 unspecified atom stereocenters. The van der Waals surface area contributed by atoms with Gasteiger partial charge in [0.25, 0.3) is 0 Å². The second-order valence-electron chi connectivity index (χ2n) is 4.92. The van der Waals surface area contributed by atoms with Gasteiger partial charge in [-0.05, 0) is 28.8 Å². The topological polar surface area (TPSA) is 38.9 Å². The average Bonchev–Trinajstić information content (AvgIpc) is 3.03. The zero-order valence-corrected chi connectivity index (χ0v) is 12.3. The van der Waals surface area contributed by atoms with Gasteiger partial charge in [-0.2, -0.15) is 4.98 Å². The van der Waals surface area contributed by atoms with Crippen molar-refractivity contribution in [2.45, 2.75) is 0 Å². The van der Waals surface area contributed by atoms with Crippen molar-refractivity contribution in [3.8, 4) is 22.4 Å². The number of rotatable bonds is 2. The molecule has 0 bridgehead atoms. The highest BCUT2D eigenvalue weighted by atomic mass is 35.5. The van der Waals surface area contributed by atoms with Crippen molar-refractivity contribution in [2.24, 2.45) is 0 Å². The Morgan fingerprint density at radius 2 is 1.41 bits per heavy atom. The van der Waals surface area contributed by atoms with E-state index in [0.717, 1.165) is 22.2 Å². The Bertz CT molecular complexity index is 930. The maximum absolute atomic E-state index is 5.98. The van der Waals surface area contributed by atoms with Crippen LogP contribution in [0.5, 0.6) is 0 Å². The van der Waals surface area contributed by atoms with E-state index in [4.69, 9.17) is 16.0 Å². The van der Waals surface area contributed by atoms with Gasteiger partial charge >= 0.3 is 0 Å². The fourth-order valence-electron chi connectivity index (χ4n) is 2.50. The molecule has 4 rings (SSSR count). The van der Waals surface area contributed by atoms with Crippen molar-refractivity contribution in [1.82, 2.24) is 9.97 Å². The second-order valence-corrected chi connectivity index (χ2v) is 5.26. The van der Waals surface area contributed by atoms with Crippen LogP contribution >= 0.6 is 11.6 Å². The van der Waals surface area contributed by atoms with E-state index in [2.05, 4.69) is 34.2 Å². The van der Waals surface area contributed by atoms with Gasteiger partial charge < -0.3 is 4.42 Å². The van der Waals surface area contributed by atoms with Crippen LogP contribution in [-0.4, -0.2) is 9.97 Å². The number of furan rings is 1. The van der Waals surface area contributed by atoms with Crippen molar-refractivity contribution in [3.05, 3.63) is 72.2 Å². The summed E-state index contributed by atoms with van der Waals surface area (Å²) in [5.41, 5.74) is 4.61. The molecule has 4 heteroatoms. The lowest BCUT2D eigenvalue weighted by Crippen LogP contribution is -1.89. The second kappa shape index (κ2) is 5.28. The van der Waals surface area contributed by atoms with Crippen LogP contribution in [0.3, 0.4) is 0 Å². The average molecular weight is 307 g/mol. The van der Waals surface area contributed by atoms with Gasteiger partial charge in [0.1, 0.15) is 0 Å². The fourth-order valence-corrected chi connectivity index (χ4v) is 2.66. The predicted molar refractivity (Wildman–Crippen MR) is 87.7 cm³/mol. The third kappa shape index (κ3) is 2.26. The molecule has 0 N–H and O–H groups in total. The molecule has 3 nitrogen and oxygen atoms in total. The van der Waals surface area contributed by atoms with Crippen LogP contribution in [0.25, 0.3) is 33.5 Å². The van der Waals surface area contributed by atoms with Gasteiger partial charge in [-0.3, -0.25) is 0 Å². The first-order chi connectivity index (χ1) is 10.8. The third-order valence-electron chi connectivity index (χ3n) is 3.56. The van der Waals surface area contributed by atoms with Crippen molar-refractivity contribution in [2.75, 3.05) is 0 Å². The normalized spacial score (nSPS) is 11.0. The Morgan fingerprint density at radius 1 is 0.727 bits per heavy atom. The molecule has 0 aliphatic carbocycles. The molecule has 0 aliphatic heterocycles. The minimum absolute atomic E-state index is 0.185. The largest absolute Gasteiger partial charge is 0.446 e. The summed E-state index contributed by atoms with van der Waals surface area (Å²) in [5, 5.41) is 1.04. The molecule has 4 aromatic rings. The molecule has 0 amide bonds. The maximum atomic E-state index is 5.98. The van der Waals surface area contributed by atoms with Gasteiger partial charge in [0.15, 0.2) is 0 Å². The lowest BCUT2D eigenvalue weighted by Gasteiger charge is -2.05. The van der Waals surface area contributed by atoms with Crippen molar-refractivity contribution >= 4 is 22.7 Å². The lowest BCUT2D eigenvalue weighted by atomic mass is 10.0. The quantitative estimate of drug-likeness (QED) is 0.477. The van der Waals surface area contributed by atoms with E-state index in [1.165, 1.54) is 5.56 Å². The molecule has 0 radical (unpaired) electrons. The molecule has 0 saturated carbocycles. The molecule has 2 aromatic carbocycles. The van der Waals surface area contributed by atoms with Crippen LogP contribution in [0.2, 0.25) is 5.28 Å². The number of hydrogen-bond donors (Lipinski definition) is 0. The molecule has 0 atom stereocenters. The van der Waals surface area contributed by atoms with Crippen molar-refractivity contribution in [1.29, 1.82) is 0 Å². The Balaban J connectivity index is 1.81. The maximum Gasteiger partial charge on any atom is 0.230 e. The molecule has 106 valence electrons. The number of hydrogen-bond acceptors (Lipinski definition) is 3. The highest BCUT2D eigenvalue weighted by Crippen LogP contribution is 2.29. The zero-order chi connectivity index (χ0) is 14.9. The Hall–Kier alpha value is -2.65. The summed E-state index contributed by atoms with van der Waals surface area (Å²) < 4.78 is 5.32. The van der Waals surface area contributed by atoms with Gasteiger partial charge in [-0.25, -0.2) is 4.98 Å². The van der Waals surface area contributed by atoms with Crippen LogP contribution in [0, 0.1) is 0 Å². The predicted octanol–water partition coefficient (Wildman–Crippen LogP) is 5.21. The van der Waals surface area contributed by atoms with Gasteiger partial charge in [0, 0.05) is 5.56 Å². The van der Waals surface area contributed by atoms with E-state index in [9.17, 15) is 0 Å². The van der Waals surface area contributed by atoms with E-state index >= 15 is 0 Å². The van der Waals surface area contributed by atoms with E-state index in [0.29, 0.717) is 5.71 Å². The summed E-state index contributed by atoms with van der Waals surface area (Å²) >= 11 is 5.98. The van der Waals surface area contributed by atoms with E-state index in [1.54, 1.807) is 6.26 Å². The van der Waals surface area contributed by atoms with E-state index in [-0.39, 0.29) is 5.28 Å². The Labute approximate surface area is 132 Å². The highest BCUT2D eigenvalue weighted by molar-refractivity contribution is 6.28. The first-order valence-electron chi connectivity index (χ1n) is 6.88. The summed E-state index contributed by atoms with van der Waals surface area (Å²) in [6.07, 6.45) is 1.59. The zero-order valence-electron chi connectivity index (χ0n) is 11.5. The van der Waals surface area contributed by atoms with E-state index in [1.807, 2.05) is 36.4 Å². The number of aromatic nitrogens is 2. The molecule has 22 heavy (non-hydrogen) atoms. The molecule has 2 heterocycles. The third-order valence-corrected chi connectivity index (χ3v) is 3.73. The summed E-state index contributed by atoms with van der Waals surface area (Å²) in [5.74, 6) is 0. The summed E-state index contributed by atoms with van der Waals surface area (Å²) in [6.45, 7) is 0. The van der Waals surface area contributed by atoms with Crippen molar-refractivity contribution in [3.63, 3.8) is 0 Å². The first kappa shape index (κ1) is 13.0. The molecule has 2 aromatic heterocycles. The Morgan fingerprint density at radius 3 is 2.18 bits per heavy atom. The van der Waals surface area contributed by atoms with E-state index < -0.39 is 0 Å². The van der Waals surface area contributed by atoms with Crippen molar-refractivity contribution < 1.29 is 4.42 Å². The number of benzene rings is 2. The SMILES string of the molecule is Clc1nc(-c2ccc(-c3ccccc3)cc2)c2ccoc2n1. The number of halogens is 1. The summed E-state index contributed by atoms with van der Waals surface area (Å²) in [7, 11) is 0. The fraction of sp³-hybridized carbons (Fsp3) is 0. The molecular formula is C18H11ClN2O. The van der Waals surface area contributed by atoms with Gasteiger partial charge in [0.05, 0.1) is 17.3 Å². The molecule has 0 aliphatic rings. The van der Waals surface area contributed by atoms with Crippen LogP contribution in [0.15, 0.2) is 71.3 Å². The number of nitrogens with zero attached hydrogens (tertiary/aromatic N) is 2. The molecule has 0 spiro atoms. The van der Waals surface area contributed by atoms with Crippen LogP contribution in [0.4, 0.5) is 0 Å². The first-order valence-corrected chi connectivity index (χ1v) is 7.26. The minimum atomic E-state index is 0.185. The van der Waals surface area contributed by atoms with Gasteiger partial charge in [-0.15, -0.1) is 0 Å². The van der Waals surface area contributed by atoms with Gasteiger partial charge in [-0.1, -0.05) is 54.6 Å². The van der Waals surface area contributed by atoms with Crippen LogP contribution < -0.4 is 0 Å². The standard InChI is InChI=1S/C18H11ClN2O/c19-18-20-16(15-10-11-22-17(15)21-18)14-8-6-13(7-9-14)12-4-2-1-3-5-12/h1-11H. The molecule has 0 saturated heterocycles. The monoisotopic (exact) mass is 306 g/mol. The smallest absolute Gasteiger partial charge is 0.230 e. The summed E-state index contributed by atoms with van der Waals surface area (Å²) in [6, 6.07) is 20.3.